The zero-order chi connectivity index (χ0) is 30.8. The molecule has 0 spiro atoms. The molecule has 0 aliphatic carbocycles. The molecule has 0 saturated heterocycles. The minimum Gasteiger partial charge on any atom is -0.493 e. The van der Waals surface area contributed by atoms with Crippen LogP contribution in [-0.2, 0) is 16.8 Å². The Morgan fingerprint density at radius 3 is 2.20 bits per heavy atom. The quantitative estimate of drug-likeness (QED) is 0.160. The molecule has 2 aromatic carbocycles. The van der Waals surface area contributed by atoms with Crippen molar-refractivity contribution in [2.45, 2.75) is 6.54 Å². The molecule has 2 N–H and O–H groups in total. The molecule has 0 radical (unpaired) electrons. The van der Waals surface area contributed by atoms with Gasteiger partial charge in [-0.15, -0.1) is 0 Å². The summed E-state index contributed by atoms with van der Waals surface area (Å²) in [6.45, 7) is 0.000282. The number of benzene rings is 2. The lowest BCUT2D eigenvalue weighted by molar-refractivity contribution is 0.197. The predicted octanol–water partition coefficient (Wildman–Crippen LogP) is 4.19. The molecule has 226 valence electrons. The van der Waals surface area contributed by atoms with E-state index in [0.717, 1.165) is 5.56 Å². The number of anilines is 1. The van der Waals surface area contributed by atoms with Gasteiger partial charge in [-0.05, 0) is 39.7 Å². The molecule has 0 bridgehead atoms. The maximum atomic E-state index is 13.2. The molecular weight excluding hydrogens is 656 g/mol. The van der Waals surface area contributed by atoms with Gasteiger partial charge >= 0.3 is 16.2 Å². The highest BCUT2D eigenvalue weighted by Gasteiger charge is 2.25. The molecule has 0 aliphatic rings. The third-order valence-electron chi connectivity index (χ3n) is 5.57. The van der Waals surface area contributed by atoms with Crippen molar-refractivity contribution in [1.29, 1.82) is 0 Å². The number of nitrogens with zero attached hydrogens (tertiary/aromatic N) is 6. The van der Waals surface area contributed by atoms with Gasteiger partial charge in [0.05, 0.1) is 11.6 Å². The Kier molecular flexibility index (Phi) is 10.1. The van der Waals surface area contributed by atoms with Gasteiger partial charge < -0.3 is 18.9 Å². The van der Waals surface area contributed by atoms with Gasteiger partial charge in [0.25, 0.3) is 5.88 Å². The lowest BCUT2D eigenvalue weighted by Gasteiger charge is -2.18. The molecule has 0 saturated carbocycles. The minimum absolute atomic E-state index is 0.0223. The number of nitrogens with one attached hydrogen (secondary N) is 2. The lowest BCUT2D eigenvalue weighted by Crippen LogP contribution is -2.30. The number of hydrogen-bond acceptors (Lipinski definition) is 12. The van der Waals surface area contributed by atoms with Crippen LogP contribution in [0.3, 0.4) is 0 Å². The van der Waals surface area contributed by atoms with Crippen LogP contribution < -0.4 is 28.4 Å². The molecule has 0 unspecified atom stereocenters. The highest BCUT2D eigenvalue weighted by Crippen LogP contribution is 2.41. The SMILES string of the molecule is COc1ccccc1Oc1c(NS(=O)(=O)NCc2ccccc2)nc(-c2ncccn2)nc1OCCOc1ncc(Br)cn1. The second-order valence-electron chi connectivity index (χ2n) is 8.65. The van der Waals surface area contributed by atoms with E-state index in [9.17, 15) is 8.42 Å². The van der Waals surface area contributed by atoms with E-state index in [1.165, 1.54) is 19.5 Å². The molecule has 0 aliphatic heterocycles. The topological polar surface area (TPSA) is 172 Å². The van der Waals surface area contributed by atoms with Gasteiger partial charge in [-0.3, -0.25) is 4.72 Å². The number of ether oxygens (including phenoxy) is 4. The largest absolute Gasteiger partial charge is 0.493 e. The van der Waals surface area contributed by atoms with Crippen LogP contribution in [0.2, 0.25) is 0 Å². The van der Waals surface area contributed by atoms with Crippen molar-refractivity contribution >= 4 is 32.0 Å². The molecule has 16 heteroatoms. The van der Waals surface area contributed by atoms with Crippen molar-refractivity contribution in [2.75, 3.05) is 25.0 Å². The molecule has 0 fully saturated rings. The number of hydrogen-bond donors (Lipinski definition) is 2. The zero-order valence-electron chi connectivity index (χ0n) is 23.1. The second-order valence-corrected chi connectivity index (χ2v) is 11.1. The number of halogens is 1. The maximum Gasteiger partial charge on any atom is 0.316 e. The van der Waals surface area contributed by atoms with Gasteiger partial charge in [0, 0.05) is 31.3 Å². The standard InChI is InChI=1S/C28H25BrN8O6S/c1-40-21-10-5-6-11-22(21)43-23-24(37-44(38,39)34-16-19-8-3-2-4-9-19)35-26(25-30-12-7-13-31-25)36-27(23)41-14-15-42-28-32-17-20(29)18-33-28/h2-13,17-18,34H,14-16H2,1H3,(H,35,36,37). The molecular formula is C28H25BrN8O6S. The summed E-state index contributed by atoms with van der Waals surface area (Å²) in [4.78, 5) is 25.4. The predicted molar refractivity (Wildman–Crippen MR) is 163 cm³/mol. The number of para-hydroxylation sites is 2. The van der Waals surface area contributed by atoms with E-state index >= 15 is 0 Å². The number of aromatic nitrogens is 6. The first-order chi connectivity index (χ1) is 21.4. The summed E-state index contributed by atoms with van der Waals surface area (Å²) < 4.78 is 55.2. The zero-order valence-corrected chi connectivity index (χ0v) is 25.5. The lowest BCUT2D eigenvalue weighted by atomic mass is 10.2. The van der Waals surface area contributed by atoms with E-state index in [-0.39, 0.29) is 60.6 Å². The molecule has 5 rings (SSSR count). The van der Waals surface area contributed by atoms with Crippen LogP contribution in [0.25, 0.3) is 11.6 Å². The van der Waals surface area contributed by atoms with E-state index in [1.807, 2.05) is 18.2 Å². The first-order valence-electron chi connectivity index (χ1n) is 12.9. The van der Waals surface area contributed by atoms with Gasteiger partial charge in [-0.1, -0.05) is 42.5 Å². The van der Waals surface area contributed by atoms with Crippen molar-refractivity contribution in [3.05, 3.63) is 95.5 Å². The fourth-order valence-electron chi connectivity index (χ4n) is 3.60. The van der Waals surface area contributed by atoms with Crippen LogP contribution in [0.5, 0.6) is 29.1 Å². The van der Waals surface area contributed by atoms with Crippen molar-refractivity contribution in [3.63, 3.8) is 0 Å². The highest BCUT2D eigenvalue weighted by molar-refractivity contribution is 9.10. The molecule has 0 amide bonds. The van der Waals surface area contributed by atoms with Crippen LogP contribution in [0.4, 0.5) is 5.82 Å². The summed E-state index contributed by atoms with van der Waals surface area (Å²) in [6, 6.07) is 17.6. The van der Waals surface area contributed by atoms with Crippen molar-refractivity contribution in [1.82, 2.24) is 34.6 Å². The Morgan fingerprint density at radius 2 is 1.48 bits per heavy atom. The Morgan fingerprint density at radius 1 is 0.795 bits per heavy atom. The van der Waals surface area contributed by atoms with E-state index in [0.29, 0.717) is 10.2 Å². The normalized spacial score (nSPS) is 11.0. The Hall–Kier alpha value is -4.93. The fourth-order valence-corrected chi connectivity index (χ4v) is 4.63. The van der Waals surface area contributed by atoms with Crippen molar-refractivity contribution in [2.24, 2.45) is 0 Å². The Balaban J connectivity index is 1.49. The monoisotopic (exact) mass is 680 g/mol. The first-order valence-corrected chi connectivity index (χ1v) is 15.2. The third kappa shape index (κ3) is 8.33. The number of methoxy groups -OCH3 is 1. The summed E-state index contributed by atoms with van der Waals surface area (Å²) in [5.74, 6) is 0.240. The van der Waals surface area contributed by atoms with E-state index in [4.69, 9.17) is 18.9 Å². The Bertz CT molecular complexity index is 1790. The minimum atomic E-state index is -4.19. The summed E-state index contributed by atoms with van der Waals surface area (Å²) in [5.41, 5.74) is 0.753. The number of rotatable bonds is 14. The summed E-state index contributed by atoms with van der Waals surface area (Å²) >= 11 is 3.27. The average Bonchev–Trinajstić information content (AvgIpc) is 3.05. The maximum absolute atomic E-state index is 13.2. The van der Waals surface area contributed by atoms with E-state index in [2.05, 4.69) is 55.3 Å². The van der Waals surface area contributed by atoms with Crippen LogP contribution in [0.1, 0.15) is 5.56 Å². The van der Waals surface area contributed by atoms with Crippen molar-refractivity contribution in [3.8, 4) is 40.8 Å². The highest BCUT2D eigenvalue weighted by atomic mass is 79.9. The van der Waals surface area contributed by atoms with Crippen LogP contribution in [0.15, 0.2) is 89.9 Å². The second kappa shape index (κ2) is 14.5. The molecule has 0 atom stereocenters. The molecule has 44 heavy (non-hydrogen) atoms. The summed E-state index contributed by atoms with van der Waals surface area (Å²) in [6.07, 6.45) is 6.10. The molecule has 3 heterocycles. The molecule has 5 aromatic rings. The van der Waals surface area contributed by atoms with Gasteiger partial charge in [0.15, 0.2) is 23.1 Å². The van der Waals surface area contributed by atoms with Crippen LogP contribution >= 0.6 is 15.9 Å². The summed E-state index contributed by atoms with van der Waals surface area (Å²) in [7, 11) is -2.71. The summed E-state index contributed by atoms with van der Waals surface area (Å²) in [5, 5.41) is 0. The van der Waals surface area contributed by atoms with Crippen molar-refractivity contribution < 1.29 is 27.4 Å². The van der Waals surface area contributed by atoms with Gasteiger partial charge in [-0.2, -0.15) is 18.1 Å². The molecule has 14 nitrogen and oxygen atoms in total. The van der Waals surface area contributed by atoms with Crippen LogP contribution in [-0.4, -0.2) is 58.6 Å². The first kappa shape index (κ1) is 30.5. The fraction of sp³-hybridized carbons (Fsp3) is 0.143. The Labute approximate surface area is 261 Å². The third-order valence-corrected chi connectivity index (χ3v) is 6.97. The smallest absolute Gasteiger partial charge is 0.316 e. The molecule has 3 aromatic heterocycles. The van der Waals surface area contributed by atoms with E-state index < -0.39 is 10.2 Å². The van der Waals surface area contributed by atoms with Gasteiger partial charge in [-0.25, -0.2) is 24.9 Å². The average molecular weight is 682 g/mol. The van der Waals surface area contributed by atoms with Gasteiger partial charge in [0.1, 0.15) is 13.2 Å². The van der Waals surface area contributed by atoms with E-state index in [1.54, 1.807) is 54.9 Å². The van der Waals surface area contributed by atoms with Gasteiger partial charge in [0.2, 0.25) is 11.6 Å². The van der Waals surface area contributed by atoms with Crippen LogP contribution in [0, 0.1) is 0 Å².